The molecule has 1 aromatic heterocycles. The zero-order chi connectivity index (χ0) is 17.3. The highest BCUT2D eigenvalue weighted by Crippen LogP contribution is 2.32. The Morgan fingerprint density at radius 2 is 2.20 bits per heavy atom. The van der Waals surface area contributed by atoms with Gasteiger partial charge in [-0.3, -0.25) is 4.99 Å². The van der Waals surface area contributed by atoms with E-state index in [0.29, 0.717) is 6.79 Å². The molecule has 0 spiro atoms. The number of fused-ring (bicyclic) bond motifs is 1. The minimum absolute atomic E-state index is 0.313. The molecule has 0 fully saturated rings. The summed E-state index contributed by atoms with van der Waals surface area (Å²) in [7, 11) is 0. The van der Waals surface area contributed by atoms with Gasteiger partial charge in [0, 0.05) is 38.6 Å². The molecule has 1 aromatic carbocycles. The Morgan fingerprint density at radius 3 is 3.04 bits per heavy atom. The number of aliphatic imine (C=N–C) groups is 1. The average molecular weight is 343 g/mol. The number of rotatable bonds is 8. The van der Waals surface area contributed by atoms with E-state index in [4.69, 9.17) is 9.47 Å². The van der Waals surface area contributed by atoms with Crippen molar-refractivity contribution in [2.24, 2.45) is 4.99 Å². The molecule has 0 atom stereocenters. The van der Waals surface area contributed by atoms with Gasteiger partial charge in [0.05, 0.1) is 6.33 Å². The highest BCUT2D eigenvalue weighted by atomic mass is 16.7. The van der Waals surface area contributed by atoms with Crippen LogP contribution in [-0.4, -0.2) is 41.9 Å². The van der Waals surface area contributed by atoms with Crippen LogP contribution in [0.5, 0.6) is 11.5 Å². The van der Waals surface area contributed by atoms with Crippen molar-refractivity contribution >= 4 is 5.96 Å². The molecule has 0 bridgehead atoms. The van der Waals surface area contributed by atoms with E-state index in [0.717, 1.165) is 56.5 Å². The molecule has 2 aromatic rings. The second kappa shape index (κ2) is 8.96. The Kier molecular flexibility index (Phi) is 6.14. The largest absolute Gasteiger partial charge is 0.454 e. The normalized spacial score (nSPS) is 13.1. The quantitative estimate of drug-likeness (QED) is 0.434. The smallest absolute Gasteiger partial charge is 0.231 e. The predicted molar refractivity (Wildman–Crippen MR) is 97.1 cm³/mol. The number of nitrogens with one attached hydrogen (secondary N) is 2. The maximum Gasteiger partial charge on any atom is 0.231 e. The number of hydrogen-bond donors (Lipinski definition) is 2. The third-order valence-corrected chi connectivity index (χ3v) is 3.89. The first-order valence-corrected chi connectivity index (χ1v) is 8.71. The number of guanidine groups is 1. The third kappa shape index (κ3) is 5.14. The van der Waals surface area contributed by atoms with Crippen LogP contribution < -0.4 is 20.1 Å². The highest BCUT2D eigenvalue weighted by Gasteiger charge is 2.12. The van der Waals surface area contributed by atoms with Crippen molar-refractivity contribution < 1.29 is 9.47 Å². The van der Waals surface area contributed by atoms with Gasteiger partial charge in [-0.15, -0.1) is 0 Å². The van der Waals surface area contributed by atoms with Crippen LogP contribution in [0.3, 0.4) is 0 Å². The van der Waals surface area contributed by atoms with Crippen molar-refractivity contribution in [1.82, 2.24) is 20.2 Å². The molecule has 2 N–H and O–H groups in total. The number of ether oxygens (including phenoxy) is 2. The molecule has 0 amide bonds. The molecular weight excluding hydrogens is 318 g/mol. The van der Waals surface area contributed by atoms with Crippen molar-refractivity contribution in [3.63, 3.8) is 0 Å². The van der Waals surface area contributed by atoms with Gasteiger partial charge < -0.3 is 24.7 Å². The van der Waals surface area contributed by atoms with Gasteiger partial charge in [0.25, 0.3) is 0 Å². The summed E-state index contributed by atoms with van der Waals surface area (Å²) in [5.41, 5.74) is 1.22. The summed E-state index contributed by atoms with van der Waals surface area (Å²) in [6.07, 6.45) is 7.48. The van der Waals surface area contributed by atoms with Crippen molar-refractivity contribution in [2.45, 2.75) is 26.3 Å². The van der Waals surface area contributed by atoms with E-state index < -0.39 is 0 Å². The molecule has 7 nitrogen and oxygen atoms in total. The van der Waals surface area contributed by atoms with E-state index in [1.54, 1.807) is 6.20 Å². The molecule has 0 aliphatic carbocycles. The number of aryl methyl sites for hydroxylation is 1. The summed E-state index contributed by atoms with van der Waals surface area (Å²) in [5, 5.41) is 6.66. The Morgan fingerprint density at radius 1 is 1.28 bits per heavy atom. The van der Waals surface area contributed by atoms with Gasteiger partial charge in [-0.05, 0) is 37.5 Å². The standard InChI is InChI=1S/C18H25N5O2/c1-2-20-18(21-7-3-10-23-11-9-19-13-23)22-8-6-15-4-5-16-17(12-15)25-14-24-16/h4-5,9,11-13H,2-3,6-8,10,14H2,1H3,(H2,20,21,22). The van der Waals surface area contributed by atoms with Crippen LogP contribution in [0, 0.1) is 0 Å². The van der Waals surface area contributed by atoms with Crippen molar-refractivity contribution in [3.05, 3.63) is 42.5 Å². The number of imidazole rings is 1. The van der Waals surface area contributed by atoms with Gasteiger partial charge in [-0.1, -0.05) is 6.07 Å². The summed E-state index contributed by atoms with van der Waals surface area (Å²) >= 11 is 0. The van der Waals surface area contributed by atoms with Crippen LogP contribution in [0.2, 0.25) is 0 Å². The molecule has 3 rings (SSSR count). The number of benzene rings is 1. The van der Waals surface area contributed by atoms with Crippen LogP contribution >= 0.6 is 0 Å². The second-order valence-electron chi connectivity index (χ2n) is 5.78. The zero-order valence-electron chi connectivity index (χ0n) is 14.6. The van der Waals surface area contributed by atoms with Crippen molar-refractivity contribution in [1.29, 1.82) is 0 Å². The molecule has 0 radical (unpaired) electrons. The molecule has 2 heterocycles. The average Bonchev–Trinajstić information content (AvgIpc) is 3.29. The van der Waals surface area contributed by atoms with Crippen LogP contribution in [0.4, 0.5) is 0 Å². The Balaban J connectivity index is 1.42. The molecule has 7 heteroatoms. The molecule has 25 heavy (non-hydrogen) atoms. The molecule has 1 aliphatic heterocycles. The van der Waals surface area contributed by atoms with E-state index in [9.17, 15) is 0 Å². The van der Waals surface area contributed by atoms with Crippen LogP contribution in [0.15, 0.2) is 41.9 Å². The molecule has 0 unspecified atom stereocenters. The third-order valence-electron chi connectivity index (χ3n) is 3.89. The maximum absolute atomic E-state index is 5.42. The Bertz CT molecular complexity index is 685. The number of aromatic nitrogens is 2. The van der Waals surface area contributed by atoms with Crippen molar-refractivity contribution in [3.8, 4) is 11.5 Å². The van der Waals surface area contributed by atoms with E-state index in [1.807, 2.05) is 24.7 Å². The second-order valence-corrected chi connectivity index (χ2v) is 5.78. The highest BCUT2D eigenvalue weighted by molar-refractivity contribution is 5.79. The first-order chi connectivity index (χ1) is 12.3. The van der Waals surface area contributed by atoms with E-state index in [1.165, 1.54) is 5.56 Å². The summed E-state index contributed by atoms with van der Waals surface area (Å²) in [4.78, 5) is 8.66. The van der Waals surface area contributed by atoms with Crippen molar-refractivity contribution in [2.75, 3.05) is 26.4 Å². The minimum atomic E-state index is 0.313. The van der Waals surface area contributed by atoms with E-state index in [2.05, 4.69) is 38.2 Å². The van der Waals surface area contributed by atoms with Gasteiger partial charge in [-0.25, -0.2) is 4.98 Å². The first-order valence-electron chi connectivity index (χ1n) is 8.71. The fourth-order valence-corrected chi connectivity index (χ4v) is 2.63. The summed E-state index contributed by atoms with van der Waals surface area (Å²) in [5.74, 6) is 2.51. The molecule has 134 valence electrons. The molecule has 0 saturated carbocycles. The lowest BCUT2D eigenvalue weighted by molar-refractivity contribution is 0.174. The Labute approximate surface area is 148 Å². The number of hydrogen-bond acceptors (Lipinski definition) is 4. The molecule has 0 saturated heterocycles. The minimum Gasteiger partial charge on any atom is -0.454 e. The zero-order valence-corrected chi connectivity index (χ0v) is 14.6. The molecular formula is C18H25N5O2. The van der Waals surface area contributed by atoms with Gasteiger partial charge in [-0.2, -0.15) is 0 Å². The topological polar surface area (TPSA) is 72.7 Å². The monoisotopic (exact) mass is 343 g/mol. The first kappa shape index (κ1) is 17.1. The summed E-state index contributed by atoms with van der Waals surface area (Å²) < 4.78 is 12.8. The van der Waals surface area contributed by atoms with Gasteiger partial charge in [0.15, 0.2) is 17.5 Å². The van der Waals surface area contributed by atoms with Crippen LogP contribution in [0.1, 0.15) is 18.9 Å². The van der Waals surface area contributed by atoms with Gasteiger partial charge in [0.2, 0.25) is 6.79 Å². The lowest BCUT2D eigenvalue weighted by Gasteiger charge is -2.11. The summed E-state index contributed by atoms with van der Waals surface area (Å²) in [6, 6.07) is 6.08. The molecule has 1 aliphatic rings. The predicted octanol–water partition coefficient (Wildman–Crippen LogP) is 1.80. The van der Waals surface area contributed by atoms with Gasteiger partial charge >= 0.3 is 0 Å². The summed E-state index contributed by atoms with van der Waals surface area (Å²) in [6.45, 7) is 5.75. The van der Waals surface area contributed by atoms with Crippen LogP contribution in [0.25, 0.3) is 0 Å². The lowest BCUT2D eigenvalue weighted by atomic mass is 10.1. The number of nitrogens with zero attached hydrogens (tertiary/aromatic N) is 3. The fraction of sp³-hybridized carbons (Fsp3) is 0.444. The van der Waals surface area contributed by atoms with Crippen LogP contribution in [-0.2, 0) is 13.0 Å². The van der Waals surface area contributed by atoms with E-state index >= 15 is 0 Å². The fourth-order valence-electron chi connectivity index (χ4n) is 2.63. The van der Waals surface area contributed by atoms with Gasteiger partial charge in [0.1, 0.15) is 0 Å². The maximum atomic E-state index is 5.42. The lowest BCUT2D eigenvalue weighted by Crippen LogP contribution is -2.38. The SMILES string of the molecule is CCNC(=NCCCn1ccnc1)NCCc1ccc2c(c1)OCO2. The Hall–Kier alpha value is -2.70. The van der Waals surface area contributed by atoms with E-state index in [-0.39, 0.29) is 0 Å².